The van der Waals surface area contributed by atoms with E-state index in [1.165, 1.54) is 13.2 Å². The highest BCUT2D eigenvalue weighted by Crippen LogP contribution is 2.36. The minimum Gasteiger partial charge on any atom is -0.493 e. The Labute approximate surface area is 142 Å². The molecular weight excluding hydrogens is 372 g/mol. The molecule has 0 aliphatic rings. The van der Waals surface area contributed by atoms with Gasteiger partial charge in [-0.05, 0) is 36.4 Å². The highest BCUT2D eigenvalue weighted by molar-refractivity contribution is 9.10. The van der Waals surface area contributed by atoms with Gasteiger partial charge in [-0.2, -0.15) is 0 Å². The van der Waals surface area contributed by atoms with Gasteiger partial charge < -0.3 is 14.2 Å². The number of carbonyl (C=O) groups excluding carboxylic acids is 1. The van der Waals surface area contributed by atoms with Gasteiger partial charge in [0.2, 0.25) is 0 Å². The molecule has 0 fully saturated rings. The van der Waals surface area contributed by atoms with E-state index in [2.05, 4.69) is 15.9 Å². The molecule has 0 saturated carbocycles. The monoisotopic (exact) mass is 384 g/mol. The zero-order valence-corrected chi connectivity index (χ0v) is 14.2. The van der Waals surface area contributed by atoms with Crippen molar-refractivity contribution >= 4 is 33.8 Å². The number of benzene rings is 2. The Morgan fingerprint density at radius 2 is 1.82 bits per heavy atom. The summed E-state index contributed by atoms with van der Waals surface area (Å²) in [5, 5.41) is 0.324. The van der Waals surface area contributed by atoms with Gasteiger partial charge in [0.1, 0.15) is 25.2 Å². The molecule has 2 rings (SSSR count). The molecule has 0 amide bonds. The molecule has 0 atom stereocenters. The summed E-state index contributed by atoms with van der Waals surface area (Å²) in [5.74, 6) is 1.56. The van der Waals surface area contributed by atoms with E-state index in [9.17, 15) is 4.79 Å². The van der Waals surface area contributed by atoms with E-state index in [1.807, 2.05) is 24.3 Å². The van der Waals surface area contributed by atoms with Crippen LogP contribution < -0.4 is 14.2 Å². The fraction of sp³-hybridized carbons (Fsp3) is 0.188. The number of aldehydes is 1. The Kier molecular flexibility index (Phi) is 6.10. The minimum absolute atomic E-state index is 0.298. The first-order valence-electron chi connectivity index (χ1n) is 6.48. The summed E-state index contributed by atoms with van der Waals surface area (Å²) >= 11 is 9.46. The quantitative estimate of drug-likeness (QED) is 0.524. The maximum Gasteiger partial charge on any atom is 0.179 e. The van der Waals surface area contributed by atoms with E-state index < -0.39 is 0 Å². The molecule has 0 unspecified atom stereocenters. The molecular formula is C16H14BrClO4. The van der Waals surface area contributed by atoms with Crippen molar-refractivity contribution in [1.29, 1.82) is 0 Å². The normalized spacial score (nSPS) is 10.1. The van der Waals surface area contributed by atoms with Crippen LogP contribution in [0.2, 0.25) is 5.02 Å². The number of hydrogen-bond donors (Lipinski definition) is 0. The van der Waals surface area contributed by atoms with Crippen LogP contribution in [0.5, 0.6) is 17.2 Å². The number of halogens is 2. The highest BCUT2D eigenvalue weighted by atomic mass is 79.9. The molecule has 6 heteroatoms. The summed E-state index contributed by atoms with van der Waals surface area (Å²) in [6.45, 7) is 0.656. The molecule has 2 aromatic rings. The van der Waals surface area contributed by atoms with Crippen LogP contribution in [-0.2, 0) is 0 Å². The molecule has 22 heavy (non-hydrogen) atoms. The van der Waals surface area contributed by atoms with Crippen molar-refractivity contribution in [2.75, 3.05) is 20.3 Å². The Morgan fingerprint density at radius 1 is 1.14 bits per heavy atom. The zero-order chi connectivity index (χ0) is 15.9. The Morgan fingerprint density at radius 3 is 2.45 bits per heavy atom. The predicted molar refractivity (Wildman–Crippen MR) is 88.5 cm³/mol. The van der Waals surface area contributed by atoms with Crippen LogP contribution in [0, 0.1) is 0 Å². The van der Waals surface area contributed by atoms with Crippen LogP contribution in [0.1, 0.15) is 10.4 Å². The second kappa shape index (κ2) is 8.06. The van der Waals surface area contributed by atoms with E-state index in [-0.39, 0.29) is 0 Å². The summed E-state index contributed by atoms with van der Waals surface area (Å²) < 4.78 is 17.3. The van der Waals surface area contributed by atoms with Crippen LogP contribution in [0.15, 0.2) is 40.9 Å². The van der Waals surface area contributed by atoms with E-state index in [0.717, 1.165) is 10.2 Å². The molecule has 0 aliphatic carbocycles. The Balaban J connectivity index is 1.94. The van der Waals surface area contributed by atoms with E-state index >= 15 is 0 Å². The van der Waals surface area contributed by atoms with E-state index in [4.69, 9.17) is 25.8 Å². The second-order valence-corrected chi connectivity index (χ2v) is 5.63. The molecule has 0 heterocycles. The fourth-order valence-corrected chi connectivity index (χ4v) is 2.32. The lowest BCUT2D eigenvalue weighted by atomic mass is 10.2. The van der Waals surface area contributed by atoms with Crippen molar-refractivity contribution in [3.8, 4) is 17.2 Å². The molecule has 0 aliphatic heterocycles. The molecule has 0 aromatic heterocycles. The van der Waals surface area contributed by atoms with Crippen molar-refractivity contribution in [2.24, 2.45) is 0 Å². The second-order valence-electron chi connectivity index (χ2n) is 4.30. The summed E-state index contributed by atoms with van der Waals surface area (Å²) in [5.41, 5.74) is 0.431. The summed E-state index contributed by atoms with van der Waals surface area (Å²) in [7, 11) is 1.49. The standard InChI is InChI=1S/C16H14BrClO4/c1-20-15-9-11(10-19)8-14(18)16(15)22-7-6-21-13-4-2-12(17)3-5-13/h2-5,8-10H,6-7H2,1H3. The number of rotatable bonds is 7. The largest absolute Gasteiger partial charge is 0.493 e. The lowest BCUT2D eigenvalue weighted by Gasteiger charge is -2.13. The number of hydrogen-bond acceptors (Lipinski definition) is 4. The minimum atomic E-state index is 0.298. The highest BCUT2D eigenvalue weighted by Gasteiger charge is 2.11. The smallest absolute Gasteiger partial charge is 0.179 e. The van der Waals surface area contributed by atoms with Crippen LogP contribution >= 0.6 is 27.5 Å². The first kappa shape index (κ1) is 16.6. The SMILES string of the molecule is COc1cc(C=O)cc(Cl)c1OCCOc1ccc(Br)cc1. The van der Waals surface area contributed by atoms with Crippen molar-refractivity contribution in [1.82, 2.24) is 0 Å². The van der Waals surface area contributed by atoms with Gasteiger partial charge in [0.15, 0.2) is 11.5 Å². The average Bonchev–Trinajstić information content (AvgIpc) is 2.53. The van der Waals surface area contributed by atoms with Crippen LogP contribution in [0.3, 0.4) is 0 Å². The predicted octanol–water partition coefficient (Wildman–Crippen LogP) is 4.38. The Bertz CT molecular complexity index is 643. The maximum absolute atomic E-state index is 10.8. The van der Waals surface area contributed by atoms with Crippen molar-refractivity contribution in [3.63, 3.8) is 0 Å². The fourth-order valence-electron chi connectivity index (χ4n) is 1.78. The number of ether oxygens (including phenoxy) is 3. The summed E-state index contributed by atoms with van der Waals surface area (Å²) in [4.78, 5) is 10.8. The first-order valence-corrected chi connectivity index (χ1v) is 7.65. The van der Waals surface area contributed by atoms with Crippen LogP contribution in [0.25, 0.3) is 0 Å². The number of carbonyl (C=O) groups is 1. The van der Waals surface area contributed by atoms with Crippen LogP contribution in [0.4, 0.5) is 0 Å². The van der Waals surface area contributed by atoms with Gasteiger partial charge in [-0.3, -0.25) is 4.79 Å². The molecule has 2 aromatic carbocycles. The lowest BCUT2D eigenvalue weighted by molar-refractivity contribution is 0.112. The third-order valence-electron chi connectivity index (χ3n) is 2.80. The summed E-state index contributed by atoms with van der Waals surface area (Å²) in [6.07, 6.45) is 0.703. The lowest BCUT2D eigenvalue weighted by Crippen LogP contribution is -2.10. The van der Waals surface area contributed by atoms with Crippen molar-refractivity contribution in [3.05, 3.63) is 51.5 Å². The molecule has 116 valence electrons. The van der Waals surface area contributed by atoms with E-state index in [1.54, 1.807) is 6.07 Å². The average molecular weight is 386 g/mol. The molecule has 0 spiro atoms. The zero-order valence-electron chi connectivity index (χ0n) is 11.8. The molecule has 0 bridgehead atoms. The van der Waals surface area contributed by atoms with Gasteiger partial charge >= 0.3 is 0 Å². The maximum atomic E-state index is 10.8. The summed E-state index contributed by atoms with van der Waals surface area (Å²) in [6, 6.07) is 10.6. The van der Waals surface area contributed by atoms with Gasteiger partial charge in [-0.1, -0.05) is 27.5 Å². The van der Waals surface area contributed by atoms with Gasteiger partial charge in [0, 0.05) is 10.0 Å². The van der Waals surface area contributed by atoms with Crippen molar-refractivity contribution in [2.45, 2.75) is 0 Å². The molecule has 0 N–H and O–H groups in total. The van der Waals surface area contributed by atoms with Gasteiger partial charge in [-0.15, -0.1) is 0 Å². The van der Waals surface area contributed by atoms with E-state index in [0.29, 0.717) is 41.6 Å². The third-order valence-corrected chi connectivity index (χ3v) is 3.61. The van der Waals surface area contributed by atoms with Gasteiger partial charge in [0.05, 0.1) is 12.1 Å². The van der Waals surface area contributed by atoms with Crippen molar-refractivity contribution < 1.29 is 19.0 Å². The first-order chi connectivity index (χ1) is 10.6. The molecule has 0 radical (unpaired) electrons. The molecule has 4 nitrogen and oxygen atoms in total. The third kappa shape index (κ3) is 4.39. The van der Waals surface area contributed by atoms with Gasteiger partial charge in [0.25, 0.3) is 0 Å². The van der Waals surface area contributed by atoms with Crippen LogP contribution in [-0.4, -0.2) is 26.6 Å². The topological polar surface area (TPSA) is 44.8 Å². The Hall–Kier alpha value is -1.72. The van der Waals surface area contributed by atoms with Gasteiger partial charge in [-0.25, -0.2) is 0 Å². The molecule has 0 saturated heterocycles. The number of methoxy groups -OCH3 is 1.